The lowest BCUT2D eigenvalue weighted by molar-refractivity contribution is -0.132. The van der Waals surface area contributed by atoms with Crippen molar-refractivity contribution >= 4 is 32.8 Å². The average molecular weight is 165 g/mol. The minimum absolute atomic E-state index is 0.568. The Bertz CT molecular complexity index is 112. The van der Waals surface area contributed by atoms with Crippen LogP contribution < -0.4 is 5.73 Å². The highest BCUT2D eigenvalue weighted by Gasteiger charge is 2.01. The molecule has 0 rings (SSSR count). The predicted molar refractivity (Wildman–Crippen MR) is 35.6 cm³/mol. The summed E-state index contributed by atoms with van der Waals surface area (Å²) in [5, 5.41) is 7.11. The molecular formula is C3H3NO3S2. The zero-order valence-corrected chi connectivity index (χ0v) is 5.79. The molecule has 4 nitrogen and oxygen atoms in total. The molecule has 0 aromatic rings. The molecule has 6 heteroatoms. The van der Waals surface area contributed by atoms with Crippen molar-refractivity contribution in [3.63, 3.8) is 0 Å². The van der Waals surface area contributed by atoms with Crippen LogP contribution in [0.3, 0.4) is 0 Å². The Morgan fingerprint density at radius 3 is 2.44 bits per heavy atom. The predicted octanol–water partition coefficient (Wildman–Crippen LogP) is 1.02. The number of carboxylic acids is 1. The van der Waals surface area contributed by atoms with Gasteiger partial charge in [0.15, 0.2) is 0 Å². The summed E-state index contributed by atoms with van der Waals surface area (Å²) in [6.07, 6.45) is 0. The van der Waals surface area contributed by atoms with E-state index < -0.39 is 11.2 Å². The molecule has 0 aromatic carbocycles. The van der Waals surface area contributed by atoms with Crippen LogP contribution in [0.25, 0.3) is 0 Å². The van der Waals surface area contributed by atoms with Crippen LogP contribution in [-0.2, 0) is 4.79 Å². The number of amides is 1. The van der Waals surface area contributed by atoms with Crippen LogP contribution in [0.4, 0.5) is 4.79 Å². The maximum Gasteiger partial charge on any atom is 0.319 e. The zero-order valence-electron chi connectivity index (χ0n) is 4.16. The molecule has 0 aromatic heterocycles. The van der Waals surface area contributed by atoms with Gasteiger partial charge in [0.2, 0.25) is 0 Å². The number of carboxylic acid groups (broad SMARTS) is 1. The maximum absolute atomic E-state index is 9.82. The Kier molecular flexibility index (Phi) is 4.33. The quantitative estimate of drug-likeness (QED) is 0.631. The lowest BCUT2D eigenvalue weighted by atomic mass is 10.8. The third-order valence-corrected chi connectivity index (χ3v) is 1.85. The summed E-state index contributed by atoms with van der Waals surface area (Å²) >= 11 is 0. The van der Waals surface area contributed by atoms with Gasteiger partial charge < -0.3 is 5.11 Å². The molecule has 0 aliphatic carbocycles. The molecule has 2 radical (unpaired) electrons. The van der Waals surface area contributed by atoms with Crippen molar-refractivity contribution < 1.29 is 14.7 Å². The zero-order chi connectivity index (χ0) is 7.28. The summed E-state index contributed by atoms with van der Waals surface area (Å²) in [4.78, 5) is 19.5. The SMILES string of the molecule is [NH]C(=O)SS[CH]C(=O)O. The Labute approximate surface area is 59.6 Å². The molecule has 0 bridgehead atoms. The molecule has 2 N–H and O–H groups in total. The molecule has 0 fully saturated rings. The number of carbonyl (C=O) groups is 2. The van der Waals surface area contributed by atoms with E-state index in [0.29, 0.717) is 10.8 Å². The van der Waals surface area contributed by atoms with E-state index in [0.717, 1.165) is 16.5 Å². The van der Waals surface area contributed by atoms with Gasteiger partial charge in [-0.2, -0.15) is 0 Å². The normalized spacial score (nSPS) is 8.89. The van der Waals surface area contributed by atoms with E-state index in [1.165, 1.54) is 0 Å². The molecule has 9 heavy (non-hydrogen) atoms. The van der Waals surface area contributed by atoms with E-state index >= 15 is 0 Å². The topological polar surface area (TPSA) is 78.2 Å². The molecule has 50 valence electrons. The lowest BCUT2D eigenvalue weighted by Gasteiger charge is -1.87. The summed E-state index contributed by atoms with van der Waals surface area (Å²) in [5.74, 6) is -0.259. The number of carbonyl (C=O) groups excluding carboxylic acids is 1. The van der Waals surface area contributed by atoms with Crippen molar-refractivity contribution in [3.8, 4) is 0 Å². The van der Waals surface area contributed by atoms with Crippen molar-refractivity contribution in [3.05, 3.63) is 5.75 Å². The van der Waals surface area contributed by atoms with E-state index in [1.54, 1.807) is 0 Å². The van der Waals surface area contributed by atoms with Gasteiger partial charge in [0.1, 0.15) is 5.75 Å². The van der Waals surface area contributed by atoms with E-state index in [4.69, 9.17) is 10.8 Å². The first-order chi connectivity index (χ1) is 4.13. The van der Waals surface area contributed by atoms with Crippen LogP contribution in [0.15, 0.2) is 0 Å². The molecule has 0 atom stereocenters. The van der Waals surface area contributed by atoms with Crippen LogP contribution >= 0.6 is 21.6 Å². The number of hydrogen-bond acceptors (Lipinski definition) is 4. The fraction of sp³-hybridized carbons (Fsp3) is 0. The van der Waals surface area contributed by atoms with E-state index in [1.807, 2.05) is 0 Å². The van der Waals surface area contributed by atoms with Crippen LogP contribution in [0.5, 0.6) is 0 Å². The van der Waals surface area contributed by atoms with Crippen molar-refractivity contribution in [1.29, 1.82) is 0 Å². The standard InChI is InChI=1S/C3H3NO3S2/c4-3(7)9-8-1-2(5)6/h1,4H,(H,5,6). The summed E-state index contributed by atoms with van der Waals surface area (Å²) < 4.78 is 0. The third kappa shape index (κ3) is 7.64. The molecule has 0 unspecified atom stereocenters. The highest BCUT2D eigenvalue weighted by atomic mass is 33.1. The second-order valence-corrected chi connectivity index (χ2v) is 2.97. The van der Waals surface area contributed by atoms with Gasteiger partial charge >= 0.3 is 11.2 Å². The Morgan fingerprint density at radius 2 is 2.11 bits per heavy atom. The fourth-order valence-corrected chi connectivity index (χ4v) is 0.980. The van der Waals surface area contributed by atoms with Crippen LogP contribution in [0.2, 0.25) is 0 Å². The van der Waals surface area contributed by atoms with E-state index in [2.05, 4.69) is 0 Å². The number of hydrogen-bond donors (Lipinski definition) is 1. The summed E-state index contributed by atoms with van der Waals surface area (Å²) in [5.41, 5.74) is 6.31. The molecule has 0 saturated carbocycles. The maximum atomic E-state index is 9.82. The van der Waals surface area contributed by atoms with E-state index in [9.17, 15) is 9.59 Å². The van der Waals surface area contributed by atoms with Gasteiger partial charge in [0.05, 0.1) is 0 Å². The Morgan fingerprint density at radius 1 is 1.56 bits per heavy atom. The average Bonchev–Trinajstić information content (AvgIpc) is 1.63. The van der Waals surface area contributed by atoms with Crippen molar-refractivity contribution in [1.82, 2.24) is 5.73 Å². The van der Waals surface area contributed by atoms with Gasteiger partial charge in [-0.1, -0.05) is 10.8 Å². The molecule has 0 aliphatic heterocycles. The first-order valence-corrected chi connectivity index (χ1v) is 3.99. The van der Waals surface area contributed by atoms with Gasteiger partial charge in [0.25, 0.3) is 0 Å². The summed E-state index contributed by atoms with van der Waals surface area (Å²) in [6, 6.07) is 0. The minimum Gasteiger partial charge on any atom is -0.480 e. The van der Waals surface area contributed by atoms with Gasteiger partial charge in [0, 0.05) is 10.8 Å². The number of nitrogens with one attached hydrogen (secondary N) is 1. The highest BCUT2D eigenvalue weighted by Crippen LogP contribution is 2.23. The van der Waals surface area contributed by atoms with Gasteiger partial charge in [-0.25, -0.2) is 0 Å². The lowest BCUT2D eigenvalue weighted by Crippen LogP contribution is -1.90. The van der Waals surface area contributed by atoms with Crippen molar-refractivity contribution in [2.24, 2.45) is 0 Å². The van der Waals surface area contributed by atoms with Gasteiger partial charge in [-0.05, 0) is 0 Å². The largest absolute Gasteiger partial charge is 0.480 e. The molecule has 0 spiro atoms. The molecule has 0 saturated heterocycles. The Hall–Kier alpha value is -0.360. The molecule has 1 amide bonds. The van der Waals surface area contributed by atoms with E-state index in [-0.39, 0.29) is 0 Å². The second kappa shape index (κ2) is 4.51. The van der Waals surface area contributed by atoms with Crippen molar-refractivity contribution in [2.75, 3.05) is 0 Å². The fourth-order valence-electron chi connectivity index (χ4n) is 0.109. The first-order valence-electron chi connectivity index (χ1n) is 1.78. The van der Waals surface area contributed by atoms with Gasteiger partial charge in [-0.15, -0.1) is 0 Å². The van der Waals surface area contributed by atoms with Gasteiger partial charge in [-0.3, -0.25) is 15.3 Å². The molecule has 0 aliphatic rings. The minimum atomic E-state index is -1.10. The third-order valence-electron chi connectivity index (χ3n) is 0.273. The summed E-state index contributed by atoms with van der Waals surface area (Å²) in [7, 11) is 1.29. The van der Waals surface area contributed by atoms with Crippen LogP contribution in [0, 0.1) is 5.75 Å². The molecular weight excluding hydrogens is 162 g/mol. The second-order valence-electron chi connectivity index (χ2n) is 0.923. The number of rotatable bonds is 3. The molecule has 0 heterocycles. The van der Waals surface area contributed by atoms with Crippen LogP contribution in [-0.4, -0.2) is 16.3 Å². The Balaban J connectivity index is 3.10. The highest BCUT2D eigenvalue weighted by molar-refractivity contribution is 8.83. The van der Waals surface area contributed by atoms with Crippen LogP contribution in [0.1, 0.15) is 0 Å². The van der Waals surface area contributed by atoms with Crippen molar-refractivity contribution in [2.45, 2.75) is 0 Å². The monoisotopic (exact) mass is 165 g/mol. The smallest absolute Gasteiger partial charge is 0.319 e. The summed E-state index contributed by atoms with van der Waals surface area (Å²) in [6.45, 7) is 0. The first kappa shape index (κ1) is 8.64. The number of aliphatic carboxylic acids is 1.